The summed E-state index contributed by atoms with van der Waals surface area (Å²) in [4.78, 5) is 0. The lowest BCUT2D eigenvalue weighted by Crippen LogP contribution is -2.02. The molecular weight excluding hydrogens is 100 g/mol. The van der Waals surface area contributed by atoms with Crippen LogP contribution >= 0.6 is 12.0 Å². The van der Waals surface area contributed by atoms with E-state index in [2.05, 4.69) is 4.18 Å². The first-order valence-corrected chi connectivity index (χ1v) is 2.06. The van der Waals surface area contributed by atoms with E-state index in [-0.39, 0.29) is 5.17 Å². The van der Waals surface area contributed by atoms with Crippen molar-refractivity contribution in [2.45, 2.75) is 0 Å². The van der Waals surface area contributed by atoms with Crippen LogP contribution in [0.15, 0.2) is 0 Å². The molecule has 0 atom stereocenters. The molecule has 0 bridgehead atoms. The second-order valence-corrected chi connectivity index (χ2v) is 1.55. The van der Waals surface area contributed by atoms with Crippen LogP contribution in [0.25, 0.3) is 0 Å². The van der Waals surface area contributed by atoms with Gasteiger partial charge in [0.05, 0.1) is 19.2 Å². The van der Waals surface area contributed by atoms with Gasteiger partial charge in [0.2, 0.25) is 0 Å². The average molecular weight is 106 g/mol. The quantitative estimate of drug-likeness (QED) is 0.284. The van der Waals surface area contributed by atoms with Gasteiger partial charge in [-0.2, -0.15) is 0 Å². The van der Waals surface area contributed by atoms with Gasteiger partial charge in [-0.25, -0.2) is 0 Å². The van der Waals surface area contributed by atoms with Crippen LogP contribution in [0, 0.1) is 5.41 Å². The topological polar surface area (TPSA) is 59.1 Å². The Morgan fingerprint density at radius 2 is 2.50 bits per heavy atom. The van der Waals surface area contributed by atoms with E-state index in [4.69, 9.17) is 11.1 Å². The second kappa shape index (κ2) is 2.99. The van der Waals surface area contributed by atoms with Crippen LogP contribution in [-0.2, 0) is 4.18 Å². The van der Waals surface area contributed by atoms with Crippen LogP contribution < -0.4 is 5.73 Å². The van der Waals surface area contributed by atoms with Crippen LogP contribution in [0.4, 0.5) is 0 Å². The number of rotatable bonds is 1. The lowest BCUT2D eigenvalue weighted by Gasteiger charge is -1.86. The maximum Gasteiger partial charge on any atom is 0.178 e. The molecule has 6 heavy (non-hydrogen) atoms. The van der Waals surface area contributed by atoms with Gasteiger partial charge in [0.1, 0.15) is 0 Å². The molecule has 0 radical (unpaired) electrons. The Morgan fingerprint density at radius 1 is 2.00 bits per heavy atom. The third-order valence-corrected chi connectivity index (χ3v) is 0.519. The summed E-state index contributed by atoms with van der Waals surface area (Å²) in [6, 6.07) is 0. The minimum atomic E-state index is -0.0162. The Kier molecular flexibility index (Phi) is 2.88. The Bertz CT molecular complexity index is 55.5. The maximum atomic E-state index is 6.51. The molecule has 0 heterocycles. The molecular formula is C2H6N2OS. The third kappa shape index (κ3) is 3.78. The monoisotopic (exact) mass is 106 g/mol. The Balaban J connectivity index is 2.83. The van der Waals surface area contributed by atoms with Crippen molar-refractivity contribution in [3.63, 3.8) is 0 Å². The Hall–Kier alpha value is -0.220. The zero-order valence-electron chi connectivity index (χ0n) is 3.39. The summed E-state index contributed by atoms with van der Waals surface area (Å²) in [5.41, 5.74) is 4.82. The number of nitrogens with two attached hydrogens (primary N) is 1. The van der Waals surface area contributed by atoms with Crippen molar-refractivity contribution in [1.29, 1.82) is 5.41 Å². The van der Waals surface area contributed by atoms with Crippen molar-refractivity contribution in [2.75, 3.05) is 7.11 Å². The van der Waals surface area contributed by atoms with Crippen molar-refractivity contribution in [3.8, 4) is 0 Å². The van der Waals surface area contributed by atoms with E-state index in [9.17, 15) is 0 Å². The van der Waals surface area contributed by atoms with Gasteiger partial charge in [0, 0.05) is 0 Å². The van der Waals surface area contributed by atoms with Gasteiger partial charge in [-0.15, -0.1) is 0 Å². The fraction of sp³-hybridized carbons (Fsp3) is 0.500. The minimum absolute atomic E-state index is 0.0162. The van der Waals surface area contributed by atoms with Crippen molar-refractivity contribution >= 4 is 17.2 Å². The highest BCUT2D eigenvalue weighted by Crippen LogP contribution is 1.93. The van der Waals surface area contributed by atoms with Gasteiger partial charge in [0.15, 0.2) is 5.17 Å². The highest BCUT2D eigenvalue weighted by molar-refractivity contribution is 8.09. The molecule has 4 heteroatoms. The molecule has 0 aromatic carbocycles. The number of hydrogen-bond donors (Lipinski definition) is 2. The van der Waals surface area contributed by atoms with Crippen LogP contribution in [0.1, 0.15) is 0 Å². The first-order chi connectivity index (χ1) is 2.77. The molecule has 0 aromatic heterocycles. The van der Waals surface area contributed by atoms with Crippen LogP contribution in [0.3, 0.4) is 0 Å². The minimum Gasteiger partial charge on any atom is -0.377 e. The summed E-state index contributed by atoms with van der Waals surface area (Å²) >= 11 is 0.847. The van der Waals surface area contributed by atoms with Crippen LogP contribution in [-0.4, -0.2) is 12.3 Å². The molecule has 0 amide bonds. The van der Waals surface area contributed by atoms with E-state index in [1.807, 2.05) is 0 Å². The van der Waals surface area contributed by atoms with Crippen molar-refractivity contribution in [1.82, 2.24) is 0 Å². The van der Waals surface area contributed by atoms with E-state index < -0.39 is 0 Å². The predicted molar refractivity (Wildman–Crippen MR) is 26.5 cm³/mol. The molecule has 0 aliphatic heterocycles. The number of amidine groups is 1. The third-order valence-electron chi connectivity index (χ3n) is 0.173. The van der Waals surface area contributed by atoms with Gasteiger partial charge < -0.3 is 9.92 Å². The second-order valence-electron chi connectivity index (χ2n) is 0.614. The highest BCUT2D eigenvalue weighted by Gasteiger charge is 1.80. The van der Waals surface area contributed by atoms with E-state index >= 15 is 0 Å². The lowest BCUT2D eigenvalue weighted by atomic mass is 11.4. The van der Waals surface area contributed by atoms with E-state index in [1.54, 1.807) is 0 Å². The van der Waals surface area contributed by atoms with E-state index in [0.29, 0.717) is 0 Å². The molecule has 0 aromatic rings. The molecule has 36 valence electrons. The number of nitrogens with one attached hydrogen (secondary N) is 1. The molecule has 0 spiro atoms. The molecule has 0 saturated carbocycles. The van der Waals surface area contributed by atoms with E-state index in [1.165, 1.54) is 7.11 Å². The first kappa shape index (κ1) is 5.78. The largest absolute Gasteiger partial charge is 0.377 e. The normalized spacial score (nSPS) is 8.17. The van der Waals surface area contributed by atoms with Gasteiger partial charge in [-0.1, -0.05) is 0 Å². The van der Waals surface area contributed by atoms with Crippen LogP contribution in [0.5, 0.6) is 0 Å². The smallest absolute Gasteiger partial charge is 0.178 e. The fourth-order valence-corrected chi connectivity index (χ4v) is 0.269. The molecule has 0 rings (SSSR count). The summed E-state index contributed by atoms with van der Waals surface area (Å²) in [7, 11) is 1.46. The molecule has 0 fully saturated rings. The van der Waals surface area contributed by atoms with Gasteiger partial charge >= 0.3 is 0 Å². The summed E-state index contributed by atoms with van der Waals surface area (Å²) in [6.07, 6.45) is 0. The predicted octanol–water partition coefficient (Wildman–Crippen LogP) is 0.174. The fourth-order valence-electron chi connectivity index (χ4n) is 0.0898. The molecule has 0 saturated heterocycles. The van der Waals surface area contributed by atoms with Gasteiger partial charge in [-0.05, 0) is 0 Å². The first-order valence-electron chi connectivity index (χ1n) is 1.32. The molecule has 0 aliphatic carbocycles. The summed E-state index contributed by atoms with van der Waals surface area (Å²) in [5, 5.41) is 6.49. The molecule has 3 nitrogen and oxygen atoms in total. The average Bonchev–Trinajstić information content (AvgIpc) is 1.35. The summed E-state index contributed by atoms with van der Waals surface area (Å²) < 4.78 is 4.37. The van der Waals surface area contributed by atoms with Gasteiger partial charge in [-0.3, -0.25) is 5.41 Å². The Labute approximate surface area is 40.6 Å². The molecule has 0 aliphatic rings. The van der Waals surface area contributed by atoms with Crippen LogP contribution in [0.2, 0.25) is 0 Å². The summed E-state index contributed by atoms with van der Waals surface area (Å²) in [5.74, 6) is 0. The van der Waals surface area contributed by atoms with Crippen molar-refractivity contribution in [3.05, 3.63) is 0 Å². The SMILES string of the molecule is COSC(=N)N. The van der Waals surface area contributed by atoms with Crippen molar-refractivity contribution in [2.24, 2.45) is 5.73 Å². The molecule has 0 unspecified atom stereocenters. The highest BCUT2D eigenvalue weighted by atomic mass is 32.2. The zero-order valence-corrected chi connectivity index (χ0v) is 4.21. The zero-order chi connectivity index (χ0) is 4.99. The standard InChI is InChI=1S/C2H6N2OS/c1-5-6-2(3)4/h1H3,(H3,3,4). The number of hydrogen-bond acceptors (Lipinski definition) is 3. The van der Waals surface area contributed by atoms with E-state index in [0.717, 1.165) is 12.0 Å². The van der Waals surface area contributed by atoms with Crippen molar-refractivity contribution < 1.29 is 4.18 Å². The lowest BCUT2D eigenvalue weighted by molar-refractivity contribution is 0.495. The summed E-state index contributed by atoms with van der Waals surface area (Å²) in [6.45, 7) is 0. The molecule has 3 N–H and O–H groups in total. The Morgan fingerprint density at radius 3 is 2.50 bits per heavy atom. The maximum absolute atomic E-state index is 6.51. The van der Waals surface area contributed by atoms with Gasteiger partial charge in [0.25, 0.3) is 0 Å².